The van der Waals surface area contributed by atoms with E-state index >= 15 is 0 Å². The van der Waals surface area contributed by atoms with Crippen LogP contribution in [0.1, 0.15) is 77.1 Å². The molecule has 0 aromatic heterocycles. The monoisotopic (exact) mass is 455 g/mol. The molecule has 1 aliphatic carbocycles. The molecule has 0 heterocycles. The quantitative estimate of drug-likeness (QED) is 0.422. The molecular formula is C28H41NO4. The summed E-state index contributed by atoms with van der Waals surface area (Å²) in [6, 6.07) is 9.72. The fourth-order valence-corrected chi connectivity index (χ4v) is 4.65. The third-order valence-electron chi connectivity index (χ3n) is 7.26. The number of nitrogens with two attached hydrogens (primary N) is 1. The van der Waals surface area contributed by atoms with Gasteiger partial charge in [-0.1, -0.05) is 59.1 Å². The van der Waals surface area contributed by atoms with Crippen molar-refractivity contribution >= 4 is 16.7 Å². The Balaban J connectivity index is 1.94. The summed E-state index contributed by atoms with van der Waals surface area (Å²) in [6.07, 6.45) is 6.37. The summed E-state index contributed by atoms with van der Waals surface area (Å²) in [5, 5.41) is 1.87. The van der Waals surface area contributed by atoms with Gasteiger partial charge in [-0.25, -0.2) is 4.79 Å². The zero-order valence-corrected chi connectivity index (χ0v) is 21.0. The van der Waals surface area contributed by atoms with Gasteiger partial charge >= 0.3 is 5.97 Å². The first kappa shape index (κ1) is 25.4. The highest BCUT2D eigenvalue weighted by molar-refractivity contribution is 6.00. The topological polar surface area (TPSA) is 70.8 Å². The Bertz CT molecular complexity index is 923. The van der Waals surface area contributed by atoms with Crippen molar-refractivity contribution in [3.05, 3.63) is 35.9 Å². The maximum absolute atomic E-state index is 12.8. The first-order valence-corrected chi connectivity index (χ1v) is 12.5. The molecule has 1 fully saturated rings. The minimum atomic E-state index is -0.516. The Labute approximate surface area is 199 Å². The molecule has 182 valence electrons. The molecule has 0 spiro atoms. The lowest BCUT2D eigenvalue weighted by Crippen LogP contribution is -2.54. The Hall–Kier alpha value is -2.27. The predicted octanol–water partition coefficient (Wildman–Crippen LogP) is 6.36. The molecule has 0 bridgehead atoms. The fourth-order valence-electron chi connectivity index (χ4n) is 4.65. The largest absolute Gasteiger partial charge is 0.493 e. The van der Waals surface area contributed by atoms with Crippen molar-refractivity contribution < 1.29 is 19.0 Å². The summed E-state index contributed by atoms with van der Waals surface area (Å²) in [6.45, 7) is 11.6. The average molecular weight is 456 g/mol. The Morgan fingerprint density at radius 3 is 2.36 bits per heavy atom. The van der Waals surface area contributed by atoms with Crippen molar-refractivity contribution in [2.75, 3.05) is 19.8 Å². The van der Waals surface area contributed by atoms with E-state index in [1.165, 1.54) is 32.1 Å². The highest BCUT2D eigenvalue weighted by Gasteiger charge is 2.34. The SMILES string of the molecule is CCOC(=O)c1cc2cccc(OCC3CCCCC3)c2cc1OCC(N)(C(C)C)C(C)C. The third-order valence-corrected chi connectivity index (χ3v) is 7.26. The fraction of sp³-hybridized carbons (Fsp3) is 0.607. The maximum atomic E-state index is 12.8. The van der Waals surface area contributed by atoms with Gasteiger partial charge in [0.2, 0.25) is 0 Å². The second-order valence-corrected chi connectivity index (χ2v) is 10.1. The van der Waals surface area contributed by atoms with Gasteiger partial charge in [-0.3, -0.25) is 0 Å². The van der Waals surface area contributed by atoms with Crippen LogP contribution in [-0.2, 0) is 4.74 Å². The molecule has 3 rings (SSSR count). The van der Waals surface area contributed by atoms with Gasteiger partial charge < -0.3 is 19.9 Å². The summed E-state index contributed by atoms with van der Waals surface area (Å²) in [4.78, 5) is 12.8. The van der Waals surface area contributed by atoms with Crippen LogP contribution in [0.2, 0.25) is 0 Å². The van der Waals surface area contributed by atoms with E-state index < -0.39 is 5.54 Å². The van der Waals surface area contributed by atoms with Crippen LogP contribution in [0.15, 0.2) is 30.3 Å². The highest BCUT2D eigenvalue weighted by Crippen LogP contribution is 2.35. The maximum Gasteiger partial charge on any atom is 0.341 e. The molecule has 33 heavy (non-hydrogen) atoms. The number of carbonyl (C=O) groups is 1. The van der Waals surface area contributed by atoms with Gasteiger partial charge in [0.05, 0.1) is 18.8 Å². The van der Waals surface area contributed by atoms with Crippen molar-refractivity contribution in [2.45, 2.75) is 72.3 Å². The summed E-state index contributed by atoms with van der Waals surface area (Å²) in [5.74, 6) is 1.98. The van der Waals surface area contributed by atoms with Crippen molar-refractivity contribution in [1.82, 2.24) is 0 Å². The van der Waals surface area contributed by atoms with Gasteiger partial charge in [0.1, 0.15) is 23.7 Å². The van der Waals surface area contributed by atoms with Crippen LogP contribution in [0.5, 0.6) is 11.5 Å². The number of hydrogen-bond donors (Lipinski definition) is 1. The first-order valence-electron chi connectivity index (χ1n) is 12.5. The summed E-state index contributed by atoms with van der Waals surface area (Å²) >= 11 is 0. The second kappa shape index (κ2) is 11.2. The normalized spacial score (nSPS) is 15.3. The van der Waals surface area contributed by atoms with E-state index in [9.17, 15) is 4.79 Å². The highest BCUT2D eigenvalue weighted by atomic mass is 16.5. The molecule has 2 aromatic rings. The number of rotatable bonds is 10. The van der Waals surface area contributed by atoms with E-state index in [0.717, 1.165) is 23.1 Å². The van der Waals surface area contributed by atoms with Crippen LogP contribution >= 0.6 is 0 Å². The van der Waals surface area contributed by atoms with E-state index in [0.29, 0.717) is 30.4 Å². The van der Waals surface area contributed by atoms with Gasteiger partial charge in [0.15, 0.2) is 0 Å². The number of esters is 1. The zero-order chi connectivity index (χ0) is 24.0. The summed E-state index contributed by atoms with van der Waals surface area (Å²) in [7, 11) is 0. The Kier molecular flexibility index (Phi) is 8.63. The Morgan fingerprint density at radius 2 is 1.73 bits per heavy atom. The first-order chi connectivity index (χ1) is 15.8. The van der Waals surface area contributed by atoms with Crippen molar-refractivity contribution in [3.8, 4) is 11.5 Å². The molecule has 2 aromatic carbocycles. The van der Waals surface area contributed by atoms with E-state index in [1.807, 2.05) is 30.3 Å². The smallest absolute Gasteiger partial charge is 0.341 e. The standard InChI is InChI=1S/C28H41NO4/c1-6-31-27(30)24-15-22-13-10-14-25(32-17-21-11-8-7-9-12-21)23(22)16-26(24)33-18-28(29,19(2)3)20(4)5/h10,13-16,19-21H,6-9,11-12,17-18,29H2,1-5H3. The van der Waals surface area contributed by atoms with Crippen LogP contribution in [-0.4, -0.2) is 31.3 Å². The molecule has 0 radical (unpaired) electrons. The van der Waals surface area contributed by atoms with Gasteiger partial charge in [-0.2, -0.15) is 0 Å². The summed E-state index contributed by atoms with van der Waals surface area (Å²) < 4.78 is 17.9. The molecule has 1 aliphatic rings. The van der Waals surface area contributed by atoms with Crippen LogP contribution in [0.25, 0.3) is 10.8 Å². The molecule has 5 heteroatoms. The molecule has 1 saturated carbocycles. The number of carbonyl (C=O) groups excluding carboxylic acids is 1. The van der Waals surface area contributed by atoms with Crippen LogP contribution < -0.4 is 15.2 Å². The number of ether oxygens (including phenoxy) is 3. The number of hydrogen-bond acceptors (Lipinski definition) is 5. The zero-order valence-electron chi connectivity index (χ0n) is 21.0. The van der Waals surface area contributed by atoms with E-state index in [1.54, 1.807) is 6.92 Å². The minimum Gasteiger partial charge on any atom is -0.493 e. The predicted molar refractivity (Wildman–Crippen MR) is 134 cm³/mol. The van der Waals surface area contributed by atoms with Gasteiger partial charge in [0, 0.05) is 5.39 Å². The van der Waals surface area contributed by atoms with E-state index in [-0.39, 0.29) is 17.8 Å². The molecule has 0 atom stereocenters. The molecular weight excluding hydrogens is 414 g/mol. The molecule has 0 saturated heterocycles. The van der Waals surface area contributed by atoms with Crippen molar-refractivity contribution in [3.63, 3.8) is 0 Å². The van der Waals surface area contributed by atoms with E-state index in [2.05, 4.69) is 27.7 Å². The van der Waals surface area contributed by atoms with Gasteiger partial charge in [-0.15, -0.1) is 0 Å². The van der Waals surface area contributed by atoms with Crippen molar-refractivity contribution in [1.29, 1.82) is 0 Å². The molecule has 0 aliphatic heterocycles. The molecule has 5 nitrogen and oxygen atoms in total. The lowest BCUT2D eigenvalue weighted by atomic mass is 9.78. The second-order valence-electron chi connectivity index (χ2n) is 10.1. The number of benzene rings is 2. The third kappa shape index (κ3) is 6.00. The van der Waals surface area contributed by atoms with E-state index in [4.69, 9.17) is 19.9 Å². The molecule has 2 N–H and O–H groups in total. The van der Waals surface area contributed by atoms with Crippen LogP contribution in [0.3, 0.4) is 0 Å². The minimum absolute atomic E-state index is 0.221. The van der Waals surface area contributed by atoms with Gasteiger partial charge in [-0.05, 0) is 61.1 Å². The summed E-state index contributed by atoms with van der Waals surface area (Å²) in [5.41, 5.74) is 6.63. The average Bonchev–Trinajstić information content (AvgIpc) is 2.81. The Morgan fingerprint density at radius 1 is 1.03 bits per heavy atom. The lowest BCUT2D eigenvalue weighted by Gasteiger charge is -2.37. The lowest BCUT2D eigenvalue weighted by molar-refractivity contribution is 0.0517. The van der Waals surface area contributed by atoms with Crippen molar-refractivity contribution in [2.24, 2.45) is 23.5 Å². The van der Waals surface area contributed by atoms with Gasteiger partial charge in [0.25, 0.3) is 0 Å². The number of fused-ring (bicyclic) bond motifs is 1. The van der Waals surface area contributed by atoms with Crippen LogP contribution in [0, 0.1) is 17.8 Å². The molecule has 0 amide bonds. The molecule has 0 unspecified atom stereocenters. The van der Waals surface area contributed by atoms with Crippen LogP contribution in [0.4, 0.5) is 0 Å².